The number of methoxy groups -OCH3 is 1. The van der Waals surface area contributed by atoms with Crippen LogP contribution in [0.3, 0.4) is 0 Å². The first-order valence-corrected chi connectivity index (χ1v) is 7.51. The third-order valence-corrected chi connectivity index (χ3v) is 3.40. The zero-order chi connectivity index (χ0) is 17.5. The van der Waals surface area contributed by atoms with Gasteiger partial charge in [-0.25, -0.2) is 4.99 Å². The van der Waals surface area contributed by atoms with Crippen molar-refractivity contribution in [3.05, 3.63) is 59.7 Å². The highest BCUT2D eigenvalue weighted by atomic mass is 127. The van der Waals surface area contributed by atoms with Crippen molar-refractivity contribution in [3.63, 3.8) is 0 Å². The number of halogens is 1. The fourth-order valence-electron chi connectivity index (χ4n) is 2.05. The number of hydrogen-bond acceptors (Lipinski definition) is 3. The molecule has 0 heterocycles. The average Bonchev–Trinajstić information content (AvgIpc) is 2.60. The molecule has 1 amide bonds. The summed E-state index contributed by atoms with van der Waals surface area (Å²) in [5, 5.41) is 3.02. The SMILES string of the molecule is COc1ccc(NC(N)=NCc2ccc(C(=O)N(C)C)cc2)cc1.I. The van der Waals surface area contributed by atoms with Gasteiger partial charge in [0.15, 0.2) is 5.96 Å². The Morgan fingerprint density at radius 2 is 1.72 bits per heavy atom. The Kier molecular flexibility index (Phi) is 8.20. The summed E-state index contributed by atoms with van der Waals surface area (Å²) in [6.45, 7) is 0.436. The van der Waals surface area contributed by atoms with Crippen molar-refractivity contribution in [1.82, 2.24) is 4.90 Å². The molecule has 0 aliphatic carbocycles. The van der Waals surface area contributed by atoms with Crippen molar-refractivity contribution in [2.45, 2.75) is 6.54 Å². The van der Waals surface area contributed by atoms with Crippen molar-refractivity contribution >= 4 is 41.5 Å². The summed E-state index contributed by atoms with van der Waals surface area (Å²) in [6.07, 6.45) is 0. The number of rotatable bonds is 5. The van der Waals surface area contributed by atoms with Gasteiger partial charge in [0, 0.05) is 25.3 Å². The second-order valence-electron chi connectivity index (χ2n) is 5.45. The maximum atomic E-state index is 11.8. The van der Waals surface area contributed by atoms with E-state index in [-0.39, 0.29) is 29.9 Å². The van der Waals surface area contributed by atoms with Crippen LogP contribution in [-0.2, 0) is 6.54 Å². The highest BCUT2D eigenvalue weighted by Crippen LogP contribution is 2.14. The van der Waals surface area contributed by atoms with Gasteiger partial charge in [-0.2, -0.15) is 0 Å². The van der Waals surface area contributed by atoms with Gasteiger partial charge < -0.3 is 20.7 Å². The Morgan fingerprint density at radius 3 is 2.24 bits per heavy atom. The lowest BCUT2D eigenvalue weighted by molar-refractivity contribution is 0.0827. The Balaban J connectivity index is 0.00000312. The van der Waals surface area contributed by atoms with Crippen molar-refractivity contribution < 1.29 is 9.53 Å². The second-order valence-corrected chi connectivity index (χ2v) is 5.45. The van der Waals surface area contributed by atoms with Crippen LogP contribution in [0.25, 0.3) is 0 Å². The molecular formula is C18H23IN4O2. The van der Waals surface area contributed by atoms with E-state index < -0.39 is 0 Å². The van der Waals surface area contributed by atoms with Gasteiger partial charge in [-0.3, -0.25) is 4.79 Å². The molecule has 25 heavy (non-hydrogen) atoms. The molecule has 0 fully saturated rings. The molecule has 0 aliphatic rings. The summed E-state index contributed by atoms with van der Waals surface area (Å²) in [5.41, 5.74) is 8.35. The number of nitrogens with zero attached hydrogens (tertiary/aromatic N) is 2. The largest absolute Gasteiger partial charge is 0.497 e. The molecule has 134 valence electrons. The van der Waals surface area contributed by atoms with Gasteiger partial charge in [0.2, 0.25) is 0 Å². The third kappa shape index (κ3) is 6.26. The zero-order valence-corrected chi connectivity index (χ0v) is 16.9. The Hall–Kier alpha value is -2.29. The van der Waals surface area contributed by atoms with Crippen LogP contribution >= 0.6 is 24.0 Å². The number of ether oxygens (including phenoxy) is 1. The fraction of sp³-hybridized carbons (Fsp3) is 0.222. The molecule has 3 N–H and O–H groups in total. The van der Waals surface area contributed by atoms with Crippen LogP contribution in [0, 0.1) is 0 Å². The van der Waals surface area contributed by atoms with E-state index in [0.717, 1.165) is 17.0 Å². The lowest BCUT2D eigenvalue weighted by Gasteiger charge is -2.10. The Morgan fingerprint density at radius 1 is 1.12 bits per heavy atom. The molecule has 0 saturated carbocycles. The van der Waals surface area contributed by atoms with E-state index >= 15 is 0 Å². The van der Waals surface area contributed by atoms with Crippen LogP contribution in [0.4, 0.5) is 5.69 Å². The smallest absolute Gasteiger partial charge is 0.253 e. The minimum atomic E-state index is -0.0225. The molecule has 2 aromatic rings. The summed E-state index contributed by atoms with van der Waals surface area (Å²) in [5.74, 6) is 1.09. The predicted molar refractivity (Wildman–Crippen MR) is 112 cm³/mol. The van der Waals surface area contributed by atoms with Crippen LogP contribution in [0.5, 0.6) is 5.75 Å². The molecule has 0 unspecified atom stereocenters. The van der Waals surface area contributed by atoms with Crippen molar-refractivity contribution in [2.24, 2.45) is 10.7 Å². The van der Waals surface area contributed by atoms with Gasteiger partial charge in [-0.1, -0.05) is 12.1 Å². The molecule has 0 saturated heterocycles. The van der Waals surface area contributed by atoms with Gasteiger partial charge in [0.25, 0.3) is 5.91 Å². The van der Waals surface area contributed by atoms with E-state index in [1.807, 2.05) is 36.4 Å². The number of anilines is 1. The summed E-state index contributed by atoms with van der Waals surface area (Å²) < 4.78 is 5.10. The van der Waals surface area contributed by atoms with Crippen molar-refractivity contribution in [2.75, 3.05) is 26.5 Å². The van der Waals surface area contributed by atoms with Gasteiger partial charge in [0.05, 0.1) is 13.7 Å². The van der Waals surface area contributed by atoms with E-state index in [2.05, 4.69) is 10.3 Å². The highest BCUT2D eigenvalue weighted by Gasteiger charge is 2.06. The minimum absolute atomic E-state index is 0. The summed E-state index contributed by atoms with van der Waals surface area (Å²) in [6, 6.07) is 14.8. The van der Waals surface area contributed by atoms with Gasteiger partial charge in [0.1, 0.15) is 5.75 Å². The van der Waals surface area contributed by atoms with Gasteiger partial charge in [-0.15, -0.1) is 24.0 Å². The van der Waals surface area contributed by atoms with E-state index in [9.17, 15) is 4.79 Å². The normalized spacial score (nSPS) is 10.6. The van der Waals surface area contributed by atoms with Gasteiger partial charge in [-0.05, 0) is 42.0 Å². The summed E-state index contributed by atoms with van der Waals surface area (Å²) >= 11 is 0. The monoisotopic (exact) mass is 454 g/mol. The van der Waals surface area contributed by atoms with Crippen LogP contribution in [0.1, 0.15) is 15.9 Å². The molecule has 0 bridgehead atoms. The molecule has 0 spiro atoms. The molecule has 7 heteroatoms. The Labute approximate surface area is 165 Å². The lowest BCUT2D eigenvalue weighted by Crippen LogP contribution is -2.22. The van der Waals surface area contributed by atoms with Crippen LogP contribution < -0.4 is 15.8 Å². The van der Waals surface area contributed by atoms with Crippen LogP contribution in [-0.4, -0.2) is 38.0 Å². The molecule has 0 aliphatic heterocycles. The van der Waals surface area contributed by atoms with Crippen molar-refractivity contribution in [1.29, 1.82) is 0 Å². The number of aliphatic imine (C=N–C) groups is 1. The van der Waals surface area contributed by atoms with E-state index in [1.54, 1.807) is 38.2 Å². The number of hydrogen-bond donors (Lipinski definition) is 2. The highest BCUT2D eigenvalue weighted by molar-refractivity contribution is 14.0. The maximum absolute atomic E-state index is 11.8. The summed E-state index contributed by atoms with van der Waals surface area (Å²) in [4.78, 5) is 17.7. The zero-order valence-electron chi connectivity index (χ0n) is 14.5. The van der Waals surface area contributed by atoms with E-state index in [1.165, 1.54) is 0 Å². The number of nitrogens with one attached hydrogen (secondary N) is 1. The average molecular weight is 454 g/mol. The molecule has 0 atom stereocenters. The summed E-state index contributed by atoms with van der Waals surface area (Å²) in [7, 11) is 5.08. The number of nitrogens with two attached hydrogens (primary N) is 1. The number of carbonyl (C=O) groups is 1. The minimum Gasteiger partial charge on any atom is -0.497 e. The molecule has 6 nitrogen and oxygen atoms in total. The van der Waals surface area contributed by atoms with Crippen molar-refractivity contribution in [3.8, 4) is 5.75 Å². The van der Waals surface area contributed by atoms with E-state index in [0.29, 0.717) is 18.1 Å². The standard InChI is InChI=1S/C18H22N4O2.HI/c1-22(2)17(23)14-6-4-13(5-7-14)12-20-18(19)21-15-8-10-16(24-3)11-9-15;/h4-11H,12H2,1-3H3,(H3,19,20,21);1H. The molecule has 2 aromatic carbocycles. The number of benzene rings is 2. The maximum Gasteiger partial charge on any atom is 0.253 e. The number of carbonyl (C=O) groups excluding carboxylic acids is 1. The molecule has 2 rings (SSSR count). The van der Waals surface area contributed by atoms with E-state index in [4.69, 9.17) is 10.5 Å². The van der Waals surface area contributed by atoms with Gasteiger partial charge >= 0.3 is 0 Å². The number of amides is 1. The Bertz CT molecular complexity index is 713. The van der Waals surface area contributed by atoms with Crippen LogP contribution in [0.15, 0.2) is 53.5 Å². The lowest BCUT2D eigenvalue weighted by atomic mass is 10.1. The first kappa shape index (κ1) is 20.8. The topological polar surface area (TPSA) is 80.0 Å². The fourth-order valence-corrected chi connectivity index (χ4v) is 2.05. The van der Waals surface area contributed by atoms with Crippen LogP contribution in [0.2, 0.25) is 0 Å². The molecule has 0 aromatic heterocycles. The quantitative estimate of drug-likeness (QED) is 0.414. The molecule has 0 radical (unpaired) electrons. The third-order valence-electron chi connectivity index (χ3n) is 3.40. The first-order chi connectivity index (χ1) is 11.5. The first-order valence-electron chi connectivity index (χ1n) is 7.51. The molecular weight excluding hydrogens is 431 g/mol. The predicted octanol–water partition coefficient (Wildman–Crippen LogP) is 2.94. The second kappa shape index (κ2) is 9.87. The number of guanidine groups is 1.